The van der Waals surface area contributed by atoms with Crippen molar-refractivity contribution in [1.29, 1.82) is 0 Å². The normalized spacial score (nSPS) is 16.0. The molecule has 28 heavy (non-hydrogen) atoms. The number of amides is 1. The van der Waals surface area contributed by atoms with Gasteiger partial charge in [-0.25, -0.2) is 9.78 Å². The monoisotopic (exact) mass is 387 g/mol. The Morgan fingerprint density at radius 1 is 1.25 bits per heavy atom. The van der Waals surface area contributed by atoms with Crippen molar-refractivity contribution in [2.75, 3.05) is 18.5 Å². The molecule has 0 spiro atoms. The third-order valence-corrected chi connectivity index (χ3v) is 3.82. The van der Waals surface area contributed by atoms with Gasteiger partial charge in [0.05, 0.1) is 30.4 Å². The number of nitrogens with one attached hydrogen (secondary N) is 1. The molecule has 0 aromatic carbocycles. The van der Waals surface area contributed by atoms with E-state index >= 15 is 0 Å². The lowest BCUT2D eigenvalue weighted by molar-refractivity contribution is 0.0696. The van der Waals surface area contributed by atoms with Crippen LogP contribution in [0.2, 0.25) is 0 Å². The fourth-order valence-electron chi connectivity index (χ4n) is 2.53. The highest BCUT2D eigenvalue weighted by molar-refractivity contribution is 6.04. The Bertz CT molecular complexity index is 847. The average molecular weight is 387 g/mol. The van der Waals surface area contributed by atoms with Crippen LogP contribution in [0, 0.1) is 0 Å². The maximum atomic E-state index is 12.6. The van der Waals surface area contributed by atoms with Crippen molar-refractivity contribution in [3.05, 3.63) is 41.6 Å². The van der Waals surface area contributed by atoms with Gasteiger partial charge in [0, 0.05) is 24.8 Å². The van der Waals surface area contributed by atoms with E-state index in [-0.39, 0.29) is 40.9 Å². The highest BCUT2D eigenvalue weighted by Crippen LogP contribution is 2.22. The Morgan fingerprint density at radius 3 is 2.64 bits per heavy atom. The number of aromatic carboxylic acids is 1. The minimum Gasteiger partial charge on any atom is -0.478 e. The quantitative estimate of drug-likeness (QED) is 0.743. The summed E-state index contributed by atoms with van der Waals surface area (Å²) in [6.07, 6.45) is 1.67. The molecule has 148 valence electrons. The molecule has 1 aliphatic rings. The summed E-state index contributed by atoms with van der Waals surface area (Å²) in [5.41, 5.74) is 0.313. The largest absolute Gasteiger partial charge is 0.478 e. The van der Waals surface area contributed by atoms with E-state index in [1.165, 1.54) is 30.5 Å². The highest BCUT2D eigenvalue weighted by Gasteiger charge is 2.20. The first kappa shape index (κ1) is 19.6. The van der Waals surface area contributed by atoms with Crippen molar-refractivity contribution in [3.8, 4) is 11.8 Å². The molecule has 2 aromatic heterocycles. The standard InChI is InChI=1S/C19H21N3O6/c1-11(2)27-16-7-13(8-17(22-16)28-14-5-6-26-10-14)18(23)21-15-4-3-12(9-20-15)19(24)25/h3-4,7-9,11,14H,5-6,10H2,1-2H3,(H,24,25)(H,20,21,23). The lowest BCUT2D eigenvalue weighted by Gasteiger charge is -2.15. The number of hydrogen-bond donors (Lipinski definition) is 2. The van der Waals surface area contributed by atoms with Gasteiger partial charge in [-0.2, -0.15) is 4.98 Å². The van der Waals surface area contributed by atoms with E-state index < -0.39 is 11.9 Å². The lowest BCUT2D eigenvalue weighted by Crippen LogP contribution is -2.19. The molecule has 3 heterocycles. The number of pyridine rings is 2. The van der Waals surface area contributed by atoms with Crippen LogP contribution < -0.4 is 14.8 Å². The Kier molecular flexibility index (Phi) is 6.05. The van der Waals surface area contributed by atoms with E-state index in [0.29, 0.717) is 13.2 Å². The number of nitrogens with zero attached hydrogens (tertiary/aromatic N) is 2. The summed E-state index contributed by atoms with van der Waals surface area (Å²) >= 11 is 0. The Hall–Kier alpha value is -3.20. The van der Waals surface area contributed by atoms with Crippen LogP contribution in [0.4, 0.5) is 5.82 Å². The number of carboxylic acid groups (broad SMARTS) is 1. The van der Waals surface area contributed by atoms with Crippen molar-refractivity contribution in [1.82, 2.24) is 9.97 Å². The molecule has 2 aromatic rings. The number of ether oxygens (including phenoxy) is 3. The minimum absolute atomic E-state index is 0.0315. The molecule has 9 heteroatoms. The average Bonchev–Trinajstić information content (AvgIpc) is 3.14. The number of rotatable bonds is 7. The molecule has 0 saturated carbocycles. The minimum atomic E-state index is -1.09. The maximum Gasteiger partial charge on any atom is 0.337 e. The van der Waals surface area contributed by atoms with Crippen LogP contribution in [-0.2, 0) is 4.74 Å². The van der Waals surface area contributed by atoms with Crippen LogP contribution in [0.15, 0.2) is 30.5 Å². The molecule has 1 saturated heterocycles. The molecule has 0 radical (unpaired) electrons. The third kappa shape index (κ3) is 5.17. The summed E-state index contributed by atoms with van der Waals surface area (Å²) in [4.78, 5) is 31.8. The summed E-state index contributed by atoms with van der Waals surface area (Å²) in [7, 11) is 0. The van der Waals surface area contributed by atoms with Gasteiger partial charge in [0.2, 0.25) is 11.8 Å². The van der Waals surface area contributed by atoms with E-state index in [9.17, 15) is 9.59 Å². The predicted molar refractivity (Wildman–Crippen MR) is 99.0 cm³/mol. The SMILES string of the molecule is CC(C)Oc1cc(C(=O)Nc2ccc(C(=O)O)cn2)cc(OC2CCOC2)n1. The van der Waals surface area contributed by atoms with E-state index in [1.807, 2.05) is 13.8 Å². The Labute approximate surface area is 161 Å². The molecule has 0 aliphatic carbocycles. The first-order valence-electron chi connectivity index (χ1n) is 8.84. The number of carboxylic acids is 1. The second-order valence-corrected chi connectivity index (χ2v) is 6.49. The number of aromatic nitrogens is 2. The molecule has 2 N–H and O–H groups in total. The van der Waals surface area contributed by atoms with E-state index in [1.54, 1.807) is 0 Å². The van der Waals surface area contributed by atoms with Crippen LogP contribution >= 0.6 is 0 Å². The Morgan fingerprint density at radius 2 is 2.04 bits per heavy atom. The van der Waals surface area contributed by atoms with E-state index in [2.05, 4.69) is 15.3 Å². The summed E-state index contributed by atoms with van der Waals surface area (Å²) in [6, 6.07) is 5.81. The number of hydrogen-bond acceptors (Lipinski definition) is 7. The van der Waals surface area contributed by atoms with Gasteiger partial charge in [0.15, 0.2) is 0 Å². The van der Waals surface area contributed by atoms with Gasteiger partial charge in [-0.05, 0) is 26.0 Å². The summed E-state index contributed by atoms with van der Waals surface area (Å²) in [6.45, 7) is 4.80. The van der Waals surface area contributed by atoms with Gasteiger partial charge in [-0.1, -0.05) is 0 Å². The third-order valence-electron chi connectivity index (χ3n) is 3.82. The molecule has 1 aliphatic heterocycles. The van der Waals surface area contributed by atoms with Crippen molar-refractivity contribution in [3.63, 3.8) is 0 Å². The molecule has 1 amide bonds. The first-order valence-corrected chi connectivity index (χ1v) is 8.84. The van der Waals surface area contributed by atoms with Gasteiger partial charge in [-0.3, -0.25) is 4.79 Å². The zero-order chi connectivity index (χ0) is 20.1. The molecule has 1 unspecified atom stereocenters. The van der Waals surface area contributed by atoms with Crippen molar-refractivity contribution in [2.45, 2.75) is 32.5 Å². The first-order chi connectivity index (χ1) is 13.4. The zero-order valence-corrected chi connectivity index (χ0v) is 15.5. The van der Waals surface area contributed by atoms with E-state index in [4.69, 9.17) is 19.3 Å². The van der Waals surface area contributed by atoms with Crippen LogP contribution in [0.1, 0.15) is 41.0 Å². The number of carbonyl (C=O) groups excluding carboxylic acids is 1. The van der Waals surface area contributed by atoms with Gasteiger partial charge < -0.3 is 24.6 Å². The number of carbonyl (C=O) groups is 2. The predicted octanol–water partition coefficient (Wildman–Crippen LogP) is 2.38. The molecule has 9 nitrogen and oxygen atoms in total. The maximum absolute atomic E-state index is 12.6. The number of anilines is 1. The Balaban J connectivity index is 1.79. The lowest BCUT2D eigenvalue weighted by atomic mass is 10.2. The fourth-order valence-corrected chi connectivity index (χ4v) is 2.53. The van der Waals surface area contributed by atoms with Crippen LogP contribution in [0.5, 0.6) is 11.8 Å². The molecule has 0 bridgehead atoms. The van der Waals surface area contributed by atoms with Crippen molar-refractivity contribution >= 4 is 17.7 Å². The second kappa shape index (κ2) is 8.66. The van der Waals surface area contributed by atoms with Crippen LogP contribution in [-0.4, -0.2) is 52.4 Å². The molecular weight excluding hydrogens is 366 g/mol. The van der Waals surface area contributed by atoms with Gasteiger partial charge >= 0.3 is 5.97 Å². The summed E-state index contributed by atoms with van der Waals surface area (Å²) in [5.74, 6) is -0.768. The molecule has 3 rings (SSSR count). The van der Waals surface area contributed by atoms with Crippen molar-refractivity contribution in [2.24, 2.45) is 0 Å². The zero-order valence-electron chi connectivity index (χ0n) is 15.5. The van der Waals surface area contributed by atoms with Gasteiger partial charge in [-0.15, -0.1) is 0 Å². The van der Waals surface area contributed by atoms with Crippen LogP contribution in [0.3, 0.4) is 0 Å². The second-order valence-electron chi connectivity index (χ2n) is 6.49. The molecular formula is C19H21N3O6. The smallest absolute Gasteiger partial charge is 0.337 e. The fraction of sp³-hybridized carbons (Fsp3) is 0.368. The van der Waals surface area contributed by atoms with Gasteiger partial charge in [0.1, 0.15) is 11.9 Å². The highest BCUT2D eigenvalue weighted by atomic mass is 16.6. The van der Waals surface area contributed by atoms with Gasteiger partial charge in [0.25, 0.3) is 5.91 Å². The van der Waals surface area contributed by atoms with E-state index in [0.717, 1.165) is 6.42 Å². The summed E-state index contributed by atoms with van der Waals surface area (Å²) in [5, 5.41) is 11.5. The topological polar surface area (TPSA) is 120 Å². The molecule has 1 fully saturated rings. The molecule has 1 atom stereocenters. The van der Waals surface area contributed by atoms with Crippen molar-refractivity contribution < 1.29 is 28.9 Å². The van der Waals surface area contributed by atoms with Crippen LogP contribution in [0.25, 0.3) is 0 Å². The summed E-state index contributed by atoms with van der Waals surface area (Å²) < 4.78 is 16.7.